The Morgan fingerprint density at radius 3 is 3.05 bits per heavy atom. The number of rotatable bonds is 2. The number of nitrogens with zero attached hydrogens (tertiary/aromatic N) is 5. The van der Waals surface area contributed by atoms with Crippen molar-refractivity contribution in [3.63, 3.8) is 0 Å². The van der Waals surface area contributed by atoms with Gasteiger partial charge >= 0.3 is 0 Å². The number of hydrogen-bond acceptors (Lipinski definition) is 5. The van der Waals surface area contributed by atoms with Gasteiger partial charge in [0.1, 0.15) is 12.1 Å². The zero-order valence-electron chi connectivity index (χ0n) is 12.0. The number of ether oxygens (including phenoxy) is 1. The zero-order valence-corrected chi connectivity index (χ0v) is 12.0. The lowest BCUT2D eigenvalue weighted by Gasteiger charge is -2.34. The first-order chi connectivity index (χ1) is 10.2. The predicted octanol–water partition coefficient (Wildman–Crippen LogP) is 1.51. The molecule has 6 heteroatoms. The number of aromatic nitrogens is 3. The normalized spacial score (nSPS) is 24.0. The van der Waals surface area contributed by atoms with E-state index in [4.69, 9.17) is 4.74 Å². The molecule has 1 aliphatic carbocycles. The van der Waals surface area contributed by atoms with Crippen LogP contribution in [-0.4, -0.2) is 40.4 Å². The van der Waals surface area contributed by atoms with Crippen molar-refractivity contribution < 1.29 is 4.74 Å². The Kier molecular flexibility index (Phi) is 2.66. The van der Waals surface area contributed by atoms with Crippen LogP contribution in [0.25, 0.3) is 5.52 Å². The van der Waals surface area contributed by atoms with E-state index in [1.165, 1.54) is 0 Å². The fraction of sp³-hybridized carbons (Fsp3) is 0.533. The minimum absolute atomic E-state index is 0.289. The van der Waals surface area contributed by atoms with E-state index >= 15 is 0 Å². The molecular weight excluding hydrogens is 266 g/mol. The highest BCUT2D eigenvalue weighted by Gasteiger charge is 2.47. The standard InChI is InChI=1S/C15H17N5O/c1-11-8-21-5-4-19(11)14-6-12(15(9-16)2-3-15)13-7-17-10-20(13)18-14/h6-7,10-11H,2-5,8H2,1H3/t11-/m1/s1. The van der Waals surface area contributed by atoms with E-state index in [2.05, 4.69) is 34.0 Å². The minimum Gasteiger partial charge on any atom is -0.377 e. The minimum atomic E-state index is -0.339. The lowest BCUT2D eigenvalue weighted by molar-refractivity contribution is 0.0984. The van der Waals surface area contributed by atoms with Crippen molar-refractivity contribution in [1.29, 1.82) is 5.26 Å². The van der Waals surface area contributed by atoms with Gasteiger partial charge in [0.2, 0.25) is 0 Å². The SMILES string of the molecule is C[C@@H]1COCCN1c1cc(C2(C#N)CC2)c2cncn2n1. The summed E-state index contributed by atoms with van der Waals surface area (Å²) in [7, 11) is 0. The molecule has 2 fully saturated rings. The van der Waals surface area contributed by atoms with Crippen molar-refractivity contribution in [2.45, 2.75) is 31.2 Å². The van der Waals surface area contributed by atoms with Crippen LogP contribution >= 0.6 is 0 Å². The first-order valence-electron chi connectivity index (χ1n) is 7.33. The summed E-state index contributed by atoms with van der Waals surface area (Å²) in [5.41, 5.74) is 1.67. The van der Waals surface area contributed by atoms with Crippen LogP contribution in [0.5, 0.6) is 0 Å². The largest absolute Gasteiger partial charge is 0.377 e. The second-order valence-electron chi connectivity index (χ2n) is 5.95. The van der Waals surface area contributed by atoms with Gasteiger partial charge in [0.15, 0.2) is 0 Å². The van der Waals surface area contributed by atoms with Gasteiger partial charge in [-0.15, -0.1) is 5.10 Å². The van der Waals surface area contributed by atoms with Gasteiger partial charge in [-0.05, 0) is 25.8 Å². The second kappa shape index (κ2) is 4.43. The van der Waals surface area contributed by atoms with Crippen molar-refractivity contribution in [3.8, 4) is 6.07 Å². The van der Waals surface area contributed by atoms with Crippen LogP contribution < -0.4 is 4.90 Å². The number of imidazole rings is 1. The van der Waals surface area contributed by atoms with E-state index in [9.17, 15) is 5.26 Å². The molecule has 0 bridgehead atoms. The van der Waals surface area contributed by atoms with Crippen molar-refractivity contribution in [3.05, 3.63) is 24.2 Å². The lowest BCUT2D eigenvalue weighted by atomic mass is 9.98. The number of morpholine rings is 1. The summed E-state index contributed by atoms with van der Waals surface area (Å²) in [4.78, 5) is 6.44. The van der Waals surface area contributed by atoms with E-state index in [1.54, 1.807) is 17.0 Å². The lowest BCUT2D eigenvalue weighted by Crippen LogP contribution is -2.44. The quantitative estimate of drug-likeness (QED) is 0.835. The Bertz CT molecular complexity index is 727. The van der Waals surface area contributed by atoms with Gasteiger partial charge < -0.3 is 9.64 Å². The van der Waals surface area contributed by atoms with Crippen LogP contribution in [0.15, 0.2) is 18.6 Å². The molecule has 2 aliphatic rings. The molecule has 6 nitrogen and oxygen atoms in total. The third-order valence-electron chi connectivity index (χ3n) is 4.52. The smallest absolute Gasteiger partial charge is 0.150 e. The molecular formula is C15H17N5O. The number of anilines is 1. The summed E-state index contributed by atoms with van der Waals surface area (Å²) < 4.78 is 7.29. The van der Waals surface area contributed by atoms with Crippen molar-refractivity contribution in [2.24, 2.45) is 0 Å². The molecule has 4 rings (SSSR count). The number of nitriles is 1. The van der Waals surface area contributed by atoms with E-state index in [0.29, 0.717) is 13.2 Å². The van der Waals surface area contributed by atoms with E-state index in [-0.39, 0.29) is 11.5 Å². The monoisotopic (exact) mass is 283 g/mol. The van der Waals surface area contributed by atoms with E-state index < -0.39 is 0 Å². The van der Waals surface area contributed by atoms with Crippen LogP contribution in [0.1, 0.15) is 25.3 Å². The Labute approximate surface area is 122 Å². The molecule has 0 N–H and O–H groups in total. The molecule has 21 heavy (non-hydrogen) atoms. The first kappa shape index (κ1) is 12.6. The van der Waals surface area contributed by atoms with Crippen LogP contribution in [0.2, 0.25) is 0 Å². The van der Waals surface area contributed by atoms with Crippen molar-refractivity contribution in [1.82, 2.24) is 14.6 Å². The predicted molar refractivity (Wildman–Crippen MR) is 77.1 cm³/mol. The highest BCUT2D eigenvalue weighted by molar-refractivity contribution is 5.64. The molecule has 0 radical (unpaired) electrons. The van der Waals surface area contributed by atoms with Gasteiger partial charge in [-0.3, -0.25) is 0 Å². The molecule has 2 aromatic rings. The molecule has 1 aliphatic heterocycles. The number of fused-ring (bicyclic) bond motifs is 1. The summed E-state index contributed by atoms with van der Waals surface area (Å²) in [5, 5.41) is 14.2. The Morgan fingerprint density at radius 1 is 1.48 bits per heavy atom. The topological polar surface area (TPSA) is 66.5 Å². The van der Waals surface area contributed by atoms with Crippen LogP contribution in [0.4, 0.5) is 5.82 Å². The fourth-order valence-electron chi connectivity index (χ4n) is 3.06. The zero-order chi connectivity index (χ0) is 14.4. The van der Waals surface area contributed by atoms with Gasteiger partial charge in [0.25, 0.3) is 0 Å². The maximum Gasteiger partial charge on any atom is 0.150 e. The average Bonchev–Trinajstić information content (AvgIpc) is 3.16. The maximum absolute atomic E-state index is 9.53. The fourth-order valence-corrected chi connectivity index (χ4v) is 3.06. The van der Waals surface area contributed by atoms with Crippen LogP contribution in [0, 0.1) is 11.3 Å². The Balaban J connectivity index is 1.85. The molecule has 1 saturated carbocycles. The van der Waals surface area contributed by atoms with Crippen molar-refractivity contribution >= 4 is 11.3 Å². The number of hydrogen-bond donors (Lipinski definition) is 0. The molecule has 0 unspecified atom stereocenters. The van der Waals surface area contributed by atoms with Gasteiger partial charge in [0.05, 0.1) is 42.5 Å². The average molecular weight is 283 g/mol. The van der Waals surface area contributed by atoms with Gasteiger partial charge in [-0.25, -0.2) is 9.50 Å². The summed E-state index contributed by atoms with van der Waals surface area (Å²) in [6, 6.07) is 4.85. The molecule has 3 heterocycles. The summed E-state index contributed by atoms with van der Waals surface area (Å²) >= 11 is 0. The van der Waals surface area contributed by atoms with Gasteiger partial charge in [-0.1, -0.05) is 0 Å². The van der Waals surface area contributed by atoms with Crippen LogP contribution in [0.3, 0.4) is 0 Å². The van der Waals surface area contributed by atoms with Gasteiger partial charge in [-0.2, -0.15) is 5.26 Å². The Morgan fingerprint density at radius 2 is 2.33 bits per heavy atom. The highest BCUT2D eigenvalue weighted by Crippen LogP contribution is 2.49. The molecule has 2 aromatic heterocycles. The van der Waals surface area contributed by atoms with Crippen LogP contribution in [-0.2, 0) is 10.2 Å². The first-order valence-corrected chi connectivity index (χ1v) is 7.33. The highest BCUT2D eigenvalue weighted by atomic mass is 16.5. The summed E-state index contributed by atoms with van der Waals surface area (Å²) in [6.07, 6.45) is 5.35. The molecule has 0 aromatic carbocycles. The Hall–Kier alpha value is -2.13. The molecule has 108 valence electrons. The molecule has 1 saturated heterocycles. The second-order valence-corrected chi connectivity index (χ2v) is 5.95. The molecule has 0 spiro atoms. The maximum atomic E-state index is 9.53. The molecule has 1 atom stereocenters. The van der Waals surface area contributed by atoms with E-state index in [0.717, 1.165) is 36.3 Å². The van der Waals surface area contributed by atoms with Gasteiger partial charge in [0, 0.05) is 12.1 Å². The third-order valence-corrected chi connectivity index (χ3v) is 4.52. The van der Waals surface area contributed by atoms with E-state index in [1.807, 2.05) is 0 Å². The third kappa shape index (κ3) is 1.88. The summed E-state index contributed by atoms with van der Waals surface area (Å²) in [6.45, 7) is 4.39. The molecule has 0 amide bonds. The van der Waals surface area contributed by atoms with Crippen molar-refractivity contribution in [2.75, 3.05) is 24.7 Å². The summed E-state index contributed by atoms with van der Waals surface area (Å²) in [5.74, 6) is 0.910.